The van der Waals surface area contributed by atoms with Gasteiger partial charge in [-0.3, -0.25) is 4.79 Å². The molecule has 70 valence electrons. The van der Waals surface area contributed by atoms with E-state index in [4.69, 9.17) is 4.74 Å². The van der Waals surface area contributed by atoms with Crippen molar-refractivity contribution in [2.24, 2.45) is 0 Å². The topological polar surface area (TPSA) is 26.3 Å². The van der Waals surface area contributed by atoms with Gasteiger partial charge < -0.3 is 4.74 Å². The van der Waals surface area contributed by atoms with Gasteiger partial charge in [0.25, 0.3) is 0 Å². The van der Waals surface area contributed by atoms with Crippen molar-refractivity contribution in [3.8, 4) is 5.75 Å². The molecule has 3 heteroatoms. The summed E-state index contributed by atoms with van der Waals surface area (Å²) < 4.78 is 5.24. The molecule has 1 rings (SSSR count). The molecule has 0 N–H and O–H groups in total. The standard InChI is InChI=1S/C10H12O2S/c1-2-12-9-5-3-8(4-6-9)10(11)7-13/h3-6,13H,2,7H2,1H3. The molecule has 1 aromatic rings. The number of Topliss-reactive ketones (excluding diaryl/α,β-unsaturated/α-hetero) is 1. The summed E-state index contributed by atoms with van der Waals surface area (Å²) in [5.74, 6) is 1.07. The lowest BCUT2D eigenvalue weighted by molar-refractivity contribution is 0.102. The van der Waals surface area contributed by atoms with Crippen LogP contribution < -0.4 is 4.74 Å². The fourth-order valence-corrected chi connectivity index (χ4v) is 1.18. The van der Waals surface area contributed by atoms with Crippen molar-refractivity contribution < 1.29 is 9.53 Å². The van der Waals surface area contributed by atoms with Crippen molar-refractivity contribution in [3.63, 3.8) is 0 Å². The highest BCUT2D eigenvalue weighted by Gasteiger charge is 2.02. The lowest BCUT2D eigenvalue weighted by Gasteiger charge is -2.02. The first-order chi connectivity index (χ1) is 6.27. The first-order valence-corrected chi connectivity index (χ1v) is 4.78. The van der Waals surface area contributed by atoms with E-state index in [9.17, 15) is 4.79 Å². The van der Waals surface area contributed by atoms with Crippen molar-refractivity contribution >= 4 is 18.4 Å². The summed E-state index contributed by atoms with van der Waals surface area (Å²) in [5.41, 5.74) is 0.679. The van der Waals surface area contributed by atoms with Gasteiger partial charge in [0, 0.05) is 5.56 Å². The quantitative estimate of drug-likeness (QED) is 0.590. The molecule has 0 amide bonds. The number of benzene rings is 1. The van der Waals surface area contributed by atoms with Gasteiger partial charge in [-0.15, -0.1) is 0 Å². The molecule has 0 saturated carbocycles. The van der Waals surface area contributed by atoms with Crippen molar-refractivity contribution in [2.45, 2.75) is 6.92 Å². The third-order valence-corrected chi connectivity index (χ3v) is 1.92. The van der Waals surface area contributed by atoms with E-state index in [1.165, 1.54) is 0 Å². The molecule has 0 radical (unpaired) electrons. The zero-order valence-corrected chi connectivity index (χ0v) is 8.38. The second-order valence-electron chi connectivity index (χ2n) is 2.54. The van der Waals surface area contributed by atoms with E-state index in [1.54, 1.807) is 24.3 Å². The monoisotopic (exact) mass is 196 g/mol. The summed E-state index contributed by atoms with van der Waals surface area (Å²) >= 11 is 3.91. The van der Waals surface area contributed by atoms with Gasteiger partial charge in [0.1, 0.15) is 5.75 Å². The fraction of sp³-hybridized carbons (Fsp3) is 0.300. The van der Waals surface area contributed by atoms with Crippen LogP contribution in [0.15, 0.2) is 24.3 Å². The Labute approximate surface area is 83.3 Å². The molecule has 0 spiro atoms. The van der Waals surface area contributed by atoms with Gasteiger partial charge in [0.05, 0.1) is 12.4 Å². The van der Waals surface area contributed by atoms with Crippen LogP contribution in [0, 0.1) is 0 Å². The molecule has 0 heterocycles. The van der Waals surface area contributed by atoms with Crippen LogP contribution in [0.25, 0.3) is 0 Å². The van der Waals surface area contributed by atoms with E-state index in [1.807, 2.05) is 6.92 Å². The molecular formula is C10H12O2S. The summed E-state index contributed by atoms with van der Waals surface area (Å²) in [4.78, 5) is 11.2. The largest absolute Gasteiger partial charge is 0.494 e. The third kappa shape index (κ3) is 2.77. The Morgan fingerprint density at radius 2 is 2.00 bits per heavy atom. The minimum atomic E-state index is 0.0337. The van der Waals surface area contributed by atoms with Crippen molar-refractivity contribution in [3.05, 3.63) is 29.8 Å². The summed E-state index contributed by atoms with van der Waals surface area (Å²) in [7, 11) is 0. The van der Waals surface area contributed by atoms with Crippen LogP contribution in [-0.4, -0.2) is 18.1 Å². The summed E-state index contributed by atoms with van der Waals surface area (Å²) in [5, 5.41) is 0. The first-order valence-electron chi connectivity index (χ1n) is 4.15. The van der Waals surface area contributed by atoms with Crippen LogP contribution in [0.1, 0.15) is 17.3 Å². The first kappa shape index (κ1) is 10.1. The second-order valence-corrected chi connectivity index (χ2v) is 2.85. The summed E-state index contributed by atoms with van der Waals surface area (Å²) in [6.45, 7) is 2.56. The second kappa shape index (κ2) is 4.92. The van der Waals surface area contributed by atoms with Gasteiger partial charge in [-0.05, 0) is 31.2 Å². The van der Waals surface area contributed by atoms with E-state index >= 15 is 0 Å². The Hall–Kier alpha value is -0.960. The van der Waals surface area contributed by atoms with Crippen molar-refractivity contribution in [1.29, 1.82) is 0 Å². The minimum absolute atomic E-state index is 0.0337. The Morgan fingerprint density at radius 3 is 2.46 bits per heavy atom. The van der Waals surface area contributed by atoms with Crippen molar-refractivity contribution in [2.75, 3.05) is 12.4 Å². The van der Waals surface area contributed by atoms with Gasteiger partial charge in [-0.1, -0.05) is 0 Å². The van der Waals surface area contributed by atoms with Crippen LogP contribution in [0.3, 0.4) is 0 Å². The number of carbonyl (C=O) groups excluding carboxylic acids is 1. The normalized spacial score (nSPS) is 9.69. The number of ketones is 1. The predicted octanol–water partition coefficient (Wildman–Crippen LogP) is 2.20. The Kier molecular flexibility index (Phi) is 3.83. The molecule has 13 heavy (non-hydrogen) atoms. The van der Waals surface area contributed by atoms with Crippen LogP contribution >= 0.6 is 12.6 Å². The number of thiol groups is 1. The molecule has 0 saturated heterocycles. The highest BCUT2D eigenvalue weighted by Crippen LogP contribution is 2.12. The van der Waals surface area contributed by atoms with E-state index in [0.29, 0.717) is 12.2 Å². The molecule has 0 atom stereocenters. The highest BCUT2D eigenvalue weighted by molar-refractivity contribution is 7.81. The molecule has 1 aromatic carbocycles. The molecule has 0 bridgehead atoms. The number of hydrogen-bond donors (Lipinski definition) is 1. The van der Waals surface area contributed by atoms with Crippen LogP contribution in [-0.2, 0) is 0 Å². The van der Waals surface area contributed by atoms with E-state index in [2.05, 4.69) is 12.6 Å². The van der Waals surface area contributed by atoms with E-state index < -0.39 is 0 Å². The Balaban J connectivity index is 2.75. The maximum atomic E-state index is 11.2. The highest BCUT2D eigenvalue weighted by atomic mass is 32.1. The molecule has 0 aliphatic rings. The molecular weight excluding hydrogens is 184 g/mol. The number of ether oxygens (including phenoxy) is 1. The molecule has 0 unspecified atom stereocenters. The molecule has 0 fully saturated rings. The third-order valence-electron chi connectivity index (χ3n) is 1.63. The van der Waals surface area contributed by atoms with Gasteiger partial charge in [-0.2, -0.15) is 12.6 Å². The van der Waals surface area contributed by atoms with Crippen molar-refractivity contribution in [1.82, 2.24) is 0 Å². The van der Waals surface area contributed by atoms with Gasteiger partial charge in [-0.25, -0.2) is 0 Å². The van der Waals surface area contributed by atoms with Gasteiger partial charge in [0.15, 0.2) is 5.78 Å². The maximum Gasteiger partial charge on any atom is 0.172 e. The molecule has 0 aliphatic carbocycles. The van der Waals surface area contributed by atoms with Gasteiger partial charge >= 0.3 is 0 Å². The van der Waals surface area contributed by atoms with Gasteiger partial charge in [0.2, 0.25) is 0 Å². The smallest absolute Gasteiger partial charge is 0.172 e. The zero-order valence-electron chi connectivity index (χ0n) is 7.49. The maximum absolute atomic E-state index is 11.2. The minimum Gasteiger partial charge on any atom is -0.494 e. The molecule has 0 aromatic heterocycles. The van der Waals surface area contributed by atoms with Crippen LogP contribution in [0.5, 0.6) is 5.75 Å². The predicted molar refractivity (Wildman–Crippen MR) is 55.8 cm³/mol. The van der Waals surface area contributed by atoms with E-state index in [0.717, 1.165) is 5.75 Å². The lowest BCUT2D eigenvalue weighted by Crippen LogP contribution is -2.00. The Bertz CT molecular complexity index is 279. The molecule has 0 aliphatic heterocycles. The SMILES string of the molecule is CCOc1ccc(C(=O)CS)cc1. The van der Waals surface area contributed by atoms with E-state index in [-0.39, 0.29) is 11.5 Å². The van der Waals surface area contributed by atoms with Crippen LogP contribution in [0.4, 0.5) is 0 Å². The Morgan fingerprint density at radius 1 is 1.38 bits per heavy atom. The zero-order chi connectivity index (χ0) is 9.68. The molecule has 2 nitrogen and oxygen atoms in total. The number of hydrogen-bond acceptors (Lipinski definition) is 3. The summed E-state index contributed by atoms with van der Waals surface area (Å²) in [6.07, 6.45) is 0. The van der Waals surface area contributed by atoms with Crippen LogP contribution in [0.2, 0.25) is 0 Å². The number of rotatable bonds is 4. The lowest BCUT2D eigenvalue weighted by atomic mass is 10.1. The average Bonchev–Trinajstić information content (AvgIpc) is 2.18. The summed E-state index contributed by atoms with van der Waals surface area (Å²) in [6, 6.07) is 7.09. The fourth-order valence-electron chi connectivity index (χ4n) is 0.995. The number of carbonyl (C=O) groups is 1. The average molecular weight is 196 g/mol.